The van der Waals surface area contributed by atoms with Crippen molar-refractivity contribution < 1.29 is 9.59 Å². The summed E-state index contributed by atoms with van der Waals surface area (Å²) >= 11 is 7.30. The first-order valence-electron chi connectivity index (χ1n) is 7.47. The second-order valence-electron chi connectivity index (χ2n) is 5.88. The molecule has 1 aromatic carbocycles. The summed E-state index contributed by atoms with van der Waals surface area (Å²) in [7, 11) is 0. The maximum Gasteiger partial charge on any atom is 0.256 e. The van der Waals surface area contributed by atoms with E-state index in [1.165, 1.54) is 11.3 Å². The summed E-state index contributed by atoms with van der Waals surface area (Å²) in [6, 6.07) is 6.62. The quantitative estimate of drug-likeness (QED) is 0.883. The van der Waals surface area contributed by atoms with Gasteiger partial charge in [-0.05, 0) is 55.0 Å². The van der Waals surface area contributed by atoms with Gasteiger partial charge < -0.3 is 11.1 Å². The Morgan fingerprint density at radius 1 is 1.30 bits per heavy atom. The number of carbonyl (C=O) groups is 2. The fraction of sp³-hybridized carbons (Fsp3) is 0.294. The van der Waals surface area contributed by atoms with Crippen molar-refractivity contribution in [2.24, 2.45) is 11.7 Å². The monoisotopic (exact) mass is 348 g/mol. The average Bonchev–Trinajstić information content (AvgIpc) is 2.84. The van der Waals surface area contributed by atoms with Crippen LogP contribution in [0.5, 0.6) is 0 Å². The molecule has 1 aromatic heterocycles. The lowest BCUT2D eigenvalue weighted by atomic mass is 9.88. The first kappa shape index (κ1) is 16.0. The molecule has 3 rings (SSSR count). The minimum atomic E-state index is -0.483. The number of benzene rings is 1. The highest BCUT2D eigenvalue weighted by atomic mass is 35.5. The van der Waals surface area contributed by atoms with Gasteiger partial charge in [0, 0.05) is 15.5 Å². The number of nitrogens with two attached hydrogens (primary N) is 1. The number of fused-ring (bicyclic) bond motifs is 1. The van der Waals surface area contributed by atoms with Gasteiger partial charge in [-0.25, -0.2) is 0 Å². The first-order chi connectivity index (χ1) is 11.0. The molecule has 0 saturated carbocycles. The van der Waals surface area contributed by atoms with E-state index in [1.54, 1.807) is 24.3 Å². The Labute approximate surface area is 143 Å². The molecule has 0 unspecified atom stereocenters. The van der Waals surface area contributed by atoms with Gasteiger partial charge >= 0.3 is 0 Å². The second-order valence-corrected chi connectivity index (χ2v) is 7.42. The van der Waals surface area contributed by atoms with E-state index in [0.29, 0.717) is 27.1 Å². The number of halogens is 1. The van der Waals surface area contributed by atoms with Crippen molar-refractivity contribution in [2.45, 2.75) is 26.2 Å². The number of hydrogen-bond donors (Lipinski definition) is 2. The Balaban J connectivity index is 1.92. The van der Waals surface area contributed by atoms with Crippen molar-refractivity contribution in [1.29, 1.82) is 0 Å². The number of carbonyl (C=O) groups excluding carboxylic acids is 2. The molecule has 0 saturated heterocycles. The Morgan fingerprint density at radius 3 is 2.65 bits per heavy atom. The van der Waals surface area contributed by atoms with Crippen LogP contribution in [0, 0.1) is 5.92 Å². The van der Waals surface area contributed by atoms with Gasteiger partial charge in [-0.3, -0.25) is 9.59 Å². The van der Waals surface area contributed by atoms with Crippen LogP contribution in [0.4, 0.5) is 5.00 Å². The zero-order chi connectivity index (χ0) is 16.6. The average molecular weight is 349 g/mol. The summed E-state index contributed by atoms with van der Waals surface area (Å²) in [4.78, 5) is 25.4. The van der Waals surface area contributed by atoms with Crippen LogP contribution in [0.25, 0.3) is 0 Å². The van der Waals surface area contributed by atoms with Crippen molar-refractivity contribution in [1.82, 2.24) is 0 Å². The summed E-state index contributed by atoms with van der Waals surface area (Å²) in [5.74, 6) is -0.166. The van der Waals surface area contributed by atoms with Crippen molar-refractivity contribution in [3.05, 3.63) is 50.9 Å². The van der Waals surface area contributed by atoms with Gasteiger partial charge in [0.05, 0.1) is 5.56 Å². The highest BCUT2D eigenvalue weighted by Crippen LogP contribution is 2.39. The zero-order valence-corrected chi connectivity index (χ0v) is 14.3. The Bertz CT molecular complexity index is 768. The molecule has 2 aromatic rings. The number of primary amides is 1. The number of rotatable bonds is 3. The first-order valence-corrected chi connectivity index (χ1v) is 8.66. The molecule has 3 N–H and O–H groups in total. The van der Waals surface area contributed by atoms with Crippen LogP contribution >= 0.6 is 22.9 Å². The van der Waals surface area contributed by atoms with Gasteiger partial charge in [0.25, 0.3) is 11.8 Å². The molecule has 1 heterocycles. The molecule has 0 bridgehead atoms. The molecule has 0 spiro atoms. The predicted molar refractivity (Wildman–Crippen MR) is 93.4 cm³/mol. The maximum atomic E-state index is 12.4. The number of thiophene rings is 1. The third-order valence-electron chi connectivity index (χ3n) is 4.09. The normalized spacial score (nSPS) is 16.7. The SMILES string of the molecule is C[C@@H]1CCc2c(sc(NC(=O)c3ccc(Cl)cc3)c2C(N)=O)C1. The fourth-order valence-corrected chi connectivity index (χ4v) is 4.41. The van der Waals surface area contributed by atoms with E-state index < -0.39 is 5.91 Å². The molecule has 120 valence electrons. The van der Waals surface area contributed by atoms with E-state index in [2.05, 4.69) is 12.2 Å². The largest absolute Gasteiger partial charge is 0.365 e. The van der Waals surface area contributed by atoms with E-state index in [-0.39, 0.29) is 5.91 Å². The lowest BCUT2D eigenvalue weighted by Gasteiger charge is -2.18. The summed E-state index contributed by atoms with van der Waals surface area (Å²) in [5.41, 5.74) is 7.52. The molecule has 1 aliphatic rings. The zero-order valence-electron chi connectivity index (χ0n) is 12.7. The Kier molecular flexibility index (Phi) is 4.41. The number of hydrogen-bond acceptors (Lipinski definition) is 3. The topological polar surface area (TPSA) is 72.2 Å². The lowest BCUT2D eigenvalue weighted by Crippen LogP contribution is -2.19. The van der Waals surface area contributed by atoms with Gasteiger partial charge in [-0.2, -0.15) is 0 Å². The third-order valence-corrected chi connectivity index (χ3v) is 5.51. The standard InChI is InChI=1S/C17H17ClN2O2S/c1-9-2-7-12-13(8-9)23-17(14(12)15(19)21)20-16(22)10-3-5-11(18)6-4-10/h3-6,9H,2,7-8H2,1H3,(H2,19,21)(H,20,22)/t9-/m1/s1. The van der Waals surface area contributed by atoms with Crippen molar-refractivity contribution in [3.8, 4) is 0 Å². The molecule has 0 aliphatic heterocycles. The molecule has 4 nitrogen and oxygen atoms in total. The van der Waals surface area contributed by atoms with Gasteiger partial charge in [0.2, 0.25) is 0 Å². The van der Waals surface area contributed by atoms with E-state index in [0.717, 1.165) is 29.7 Å². The van der Waals surface area contributed by atoms with E-state index in [9.17, 15) is 9.59 Å². The van der Waals surface area contributed by atoms with Crippen LogP contribution in [0.1, 0.15) is 44.5 Å². The molecular weight excluding hydrogens is 332 g/mol. The van der Waals surface area contributed by atoms with Gasteiger partial charge in [-0.15, -0.1) is 11.3 Å². The Morgan fingerprint density at radius 2 is 2.00 bits per heavy atom. The second kappa shape index (κ2) is 6.34. The minimum absolute atomic E-state index is 0.268. The summed E-state index contributed by atoms with van der Waals surface area (Å²) in [6.07, 6.45) is 2.80. The predicted octanol–water partition coefficient (Wildman–Crippen LogP) is 3.88. The van der Waals surface area contributed by atoms with Gasteiger partial charge in [0.15, 0.2) is 0 Å². The summed E-state index contributed by atoms with van der Waals surface area (Å²) in [6.45, 7) is 2.19. The molecule has 6 heteroatoms. The number of anilines is 1. The molecule has 1 atom stereocenters. The van der Waals surface area contributed by atoms with Crippen LogP contribution < -0.4 is 11.1 Å². The van der Waals surface area contributed by atoms with E-state index in [4.69, 9.17) is 17.3 Å². The molecular formula is C17H17ClN2O2S. The van der Waals surface area contributed by atoms with E-state index in [1.807, 2.05) is 0 Å². The van der Waals surface area contributed by atoms with Crippen molar-refractivity contribution in [3.63, 3.8) is 0 Å². The molecule has 23 heavy (non-hydrogen) atoms. The number of amides is 2. The highest BCUT2D eigenvalue weighted by molar-refractivity contribution is 7.17. The maximum absolute atomic E-state index is 12.4. The summed E-state index contributed by atoms with van der Waals surface area (Å²) in [5, 5.41) is 3.96. The molecule has 0 radical (unpaired) electrons. The highest BCUT2D eigenvalue weighted by Gasteiger charge is 2.27. The van der Waals surface area contributed by atoms with Crippen LogP contribution in [-0.4, -0.2) is 11.8 Å². The minimum Gasteiger partial charge on any atom is -0.365 e. The molecule has 0 fully saturated rings. The Hall–Kier alpha value is -1.85. The number of nitrogens with one attached hydrogen (secondary N) is 1. The van der Waals surface area contributed by atoms with Crippen LogP contribution in [0.15, 0.2) is 24.3 Å². The van der Waals surface area contributed by atoms with Gasteiger partial charge in [-0.1, -0.05) is 18.5 Å². The van der Waals surface area contributed by atoms with Crippen LogP contribution in [0.3, 0.4) is 0 Å². The molecule has 2 amide bonds. The lowest BCUT2D eigenvalue weighted by molar-refractivity contribution is 0.1000. The smallest absolute Gasteiger partial charge is 0.256 e. The molecule has 1 aliphatic carbocycles. The van der Waals surface area contributed by atoms with Crippen LogP contribution in [0.2, 0.25) is 5.02 Å². The van der Waals surface area contributed by atoms with Crippen LogP contribution in [-0.2, 0) is 12.8 Å². The van der Waals surface area contributed by atoms with Crippen molar-refractivity contribution >= 4 is 39.8 Å². The fourth-order valence-electron chi connectivity index (χ4n) is 2.88. The third kappa shape index (κ3) is 3.26. The van der Waals surface area contributed by atoms with Crippen molar-refractivity contribution in [2.75, 3.05) is 5.32 Å². The summed E-state index contributed by atoms with van der Waals surface area (Å²) < 4.78 is 0. The van der Waals surface area contributed by atoms with E-state index >= 15 is 0 Å². The van der Waals surface area contributed by atoms with Gasteiger partial charge in [0.1, 0.15) is 5.00 Å².